The van der Waals surface area contributed by atoms with Crippen LogP contribution < -0.4 is 10.0 Å². The molecule has 1 saturated carbocycles. The molecular formula is C20H18ClN3O2S2. The molecule has 0 bridgehead atoms. The third kappa shape index (κ3) is 3.33. The summed E-state index contributed by atoms with van der Waals surface area (Å²) < 4.78 is 23.1. The Balaban J connectivity index is 1.58. The lowest BCUT2D eigenvalue weighted by Crippen LogP contribution is -2.21. The fourth-order valence-corrected chi connectivity index (χ4v) is 5.55. The van der Waals surface area contributed by atoms with Gasteiger partial charge in [0.15, 0.2) is 5.13 Å². The van der Waals surface area contributed by atoms with Gasteiger partial charge in [-0.3, -0.25) is 0 Å². The van der Waals surface area contributed by atoms with Crippen LogP contribution in [0.5, 0.6) is 0 Å². The number of nitrogens with zero attached hydrogens (tertiary/aromatic N) is 2. The topological polar surface area (TPSA) is 76.3 Å². The molecule has 0 radical (unpaired) electrons. The first-order valence-electron chi connectivity index (χ1n) is 9.03. The Bertz CT molecular complexity index is 1130. The van der Waals surface area contributed by atoms with Gasteiger partial charge in [-0.15, -0.1) is 0 Å². The highest BCUT2D eigenvalue weighted by atomic mass is 35.5. The van der Waals surface area contributed by atoms with Crippen molar-refractivity contribution in [1.82, 2.24) is 4.98 Å². The standard InChI is InChI=1S/C20H18ClN3O2S2/c21-16-5-1-12(2-6-16)18-19(13-3-7-17(8-4-13)28(22,25)26)27-20(23-18)24-10-14-9-15(14)11-24/h1-8,14-15H,9-11H2,(H2,22,25,26). The summed E-state index contributed by atoms with van der Waals surface area (Å²) in [5.74, 6) is 1.64. The van der Waals surface area contributed by atoms with Crippen molar-refractivity contribution < 1.29 is 8.42 Å². The van der Waals surface area contributed by atoms with Crippen molar-refractivity contribution in [2.24, 2.45) is 17.0 Å². The summed E-state index contributed by atoms with van der Waals surface area (Å²) in [4.78, 5) is 8.44. The van der Waals surface area contributed by atoms with Crippen LogP contribution >= 0.6 is 22.9 Å². The smallest absolute Gasteiger partial charge is 0.238 e. The molecule has 2 atom stereocenters. The normalized spacial score (nSPS) is 21.0. The molecule has 2 aromatic carbocycles. The van der Waals surface area contributed by atoms with Crippen LogP contribution in [0, 0.1) is 11.8 Å². The van der Waals surface area contributed by atoms with Gasteiger partial charge in [-0.2, -0.15) is 0 Å². The molecule has 2 unspecified atom stereocenters. The number of rotatable bonds is 4. The number of piperidine rings is 1. The van der Waals surface area contributed by atoms with Crippen LogP contribution in [-0.2, 0) is 10.0 Å². The quantitative estimate of drug-likeness (QED) is 0.670. The molecule has 2 heterocycles. The number of hydrogen-bond acceptors (Lipinski definition) is 5. The largest absolute Gasteiger partial charge is 0.347 e. The fraction of sp³-hybridized carbons (Fsp3) is 0.250. The van der Waals surface area contributed by atoms with Gasteiger partial charge in [0.2, 0.25) is 10.0 Å². The monoisotopic (exact) mass is 431 g/mol. The van der Waals surface area contributed by atoms with E-state index in [1.807, 2.05) is 24.3 Å². The molecule has 144 valence electrons. The molecule has 1 aliphatic carbocycles. The number of aromatic nitrogens is 1. The van der Waals surface area contributed by atoms with Gasteiger partial charge in [-0.1, -0.05) is 47.2 Å². The SMILES string of the molecule is NS(=O)(=O)c1ccc(-c2sc(N3CC4CC4C3)nc2-c2ccc(Cl)cc2)cc1. The maximum absolute atomic E-state index is 11.6. The molecule has 1 aromatic heterocycles. The molecule has 5 nitrogen and oxygen atoms in total. The number of primary sulfonamides is 1. The predicted molar refractivity (Wildman–Crippen MR) is 113 cm³/mol. The van der Waals surface area contributed by atoms with E-state index in [4.69, 9.17) is 21.7 Å². The Morgan fingerprint density at radius 2 is 1.61 bits per heavy atom. The summed E-state index contributed by atoms with van der Waals surface area (Å²) in [5, 5.41) is 6.92. The number of nitrogens with two attached hydrogens (primary N) is 1. The van der Waals surface area contributed by atoms with E-state index in [0.717, 1.165) is 51.8 Å². The van der Waals surface area contributed by atoms with E-state index in [2.05, 4.69) is 4.90 Å². The molecule has 1 saturated heterocycles. The van der Waals surface area contributed by atoms with Gasteiger partial charge in [-0.25, -0.2) is 18.5 Å². The lowest BCUT2D eigenvalue weighted by Gasteiger charge is -2.15. The zero-order chi connectivity index (χ0) is 19.5. The minimum absolute atomic E-state index is 0.105. The van der Waals surface area contributed by atoms with Gasteiger partial charge in [0.25, 0.3) is 0 Å². The molecule has 2 fully saturated rings. The first-order chi connectivity index (χ1) is 13.4. The average molecular weight is 432 g/mol. The van der Waals surface area contributed by atoms with Gasteiger partial charge in [0, 0.05) is 23.7 Å². The van der Waals surface area contributed by atoms with Crippen LogP contribution in [0.15, 0.2) is 53.4 Å². The van der Waals surface area contributed by atoms with Crippen LogP contribution in [-0.4, -0.2) is 26.5 Å². The summed E-state index contributed by atoms with van der Waals surface area (Å²) in [7, 11) is -3.71. The van der Waals surface area contributed by atoms with Crippen molar-refractivity contribution >= 4 is 38.1 Å². The number of benzene rings is 2. The maximum atomic E-state index is 11.6. The number of fused-ring (bicyclic) bond motifs is 1. The van der Waals surface area contributed by atoms with Gasteiger partial charge >= 0.3 is 0 Å². The van der Waals surface area contributed by atoms with Crippen molar-refractivity contribution in [2.45, 2.75) is 11.3 Å². The highest BCUT2D eigenvalue weighted by Crippen LogP contribution is 2.49. The predicted octanol–water partition coefficient (Wildman–Crippen LogP) is 4.23. The number of anilines is 1. The molecule has 5 rings (SSSR count). The van der Waals surface area contributed by atoms with Gasteiger partial charge in [-0.05, 0) is 48.1 Å². The zero-order valence-corrected chi connectivity index (χ0v) is 17.3. The summed E-state index contributed by atoms with van der Waals surface area (Å²) in [5.41, 5.74) is 2.80. The van der Waals surface area contributed by atoms with Gasteiger partial charge < -0.3 is 4.90 Å². The molecule has 0 amide bonds. The lowest BCUT2D eigenvalue weighted by molar-refractivity contribution is 0.598. The van der Waals surface area contributed by atoms with Crippen molar-refractivity contribution in [3.8, 4) is 21.7 Å². The van der Waals surface area contributed by atoms with Crippen LogP contribution in [0.3, 0.4) is 0 Å². The summed E-state index contributed by atoms with van der Waals surface area (Å²) in [6.45, 7) is 2.14. The third-order valence-electron chi connectivity index (χ3n) is 5.43. The molecule has 2 N–H and O–H groups in total. The maximum Gasteiger partial charge on any atom is 0.238 e. The Hall–Kier alpha value is -1.93. The van der Waals surface area contributed by atoms with E-state index in [1.54, 1.807) is 35.6 Å². The van der Waals surface area contributed by atoms with E-state index in [1.165, 1.54) is 6.42 Å². The molecule has 8 heteroatoms. The lowest BCUT2D eigenvalue weighted by atomic mass is 10.1. The van der Waals surface area contributed by atoms with E-state index in [0.29, 0.717) is 5.02 Å². The second-order valence-electron chi connectivity index (χ2n) is 7.41. The highest BCUT2D eigenvalue weighted by molar-refractivity contribution is 7.89. The van der Waals surface area contributed by atoms with Crippen molar-refractivity contribution in [3.63, 3.8) is 0 Å². The number of hydrogen-bond donors (Lipinski definition) is 1. The van der Waals surface area contributed by atoms with Crippen LogP contribution in [0.1, 0.15) is 6.42 Å². The van der Waals surface area contributed by atoms with Gasteiger partial charge in [0.1, 0.15) is 0 Å². The number of halogens is 1. The third-order valence-corrected chi connectivity index (χ3v) is 7.77. The van der Waals surface area contributed by atoms with E-state index in [-0.39, 0.29) is 4.90 Å². The average Bonchev–Trinajstić information content (AvgIpc) is 3.08. The second kappa shape index (κ2) is 6.56. The van der Waals surface area contributed by atoms with Crippen LogP contribution in [0.4, 0.5) is 5.13 Å². The van der Waals surface area contributed by atoms with E-state index in [9.17, 15) is 8.42 Å². The summed E-state index contributed by atoms with van der Waals surface area (Å²) in [6.07, 6.45) is 1.34. The Kier molecular flexibility index (Phi) is 4.24. The molecule has 0 spiro atoms. The minimum atomic E-state index is -3.71. The first-order valence-corrected chi connectivity index (χ1v) is 11.8. The van der Waals surface area contributed by atoms with Crippen molar-refractivity contribution in [2.75, 3.05) is 18.0 Å². The Labute approximate surface area is 172 Å². The van der Waals surface area contributed by atoms with E-state index < -0.39 is 10.0 Å². The van der Waals surface area contributed by atoms with Crippen molar-refractivity contribution in [1.29, 1.82) is 0 Å². The number of sulfonamides is 1. The highest BCUT2D eigenvalue weighted by Gasteiger charge is 2.46. The molecule has 28 heavy (non-hydrogen) atoms. The fourth-order valence-electron chi connectivity index (χ4n) is 3.79. The minimum Gasteiger partial charge on any atom is -0.347 e. The van der Waals surface area contributed by atoms with Gasteiger partial charge in [0.05, 0.1) is 15.5 Å². The molecule has 1 aliphatic heterocycles. The Morgan fingerprint density at radius 3 is 2.21 bits per heavy atom. The first kappa shape index (κ1) is 18.1. The van der Waals surface area contributed by atoms with Crippen LogP contribution in [0.2, 0.25) is 5.02 Å². The summed E-state index contributed by atoms with van der Waals surface area (Å²) >= 11 is 7.70. The van der Waals surface area contributed by atoms with E-state index >= 15 is 0 Å². The second-order valence-corrected chi connectivity index (χ2v) is 10.4. The Morgan fingerprint density at radius 1 is 1.00 bits per heavy atom. The molecule has 3 aromatic rings. The zero-order valence-electron chi connectivity index (χ0n) is 14.9. The summed E-state index contributed by atoms with van der Waals surface area (Å²) in [6, 6.07) is 14.3. The molecule has 2 aliphatic rings. The van der Waals surface area contributed by atoms with Crippen LogP contribution in [0.25, 0.3) is 21.7 Å². The number of thiazole rings is 1. The molecular weight excluding hydrogens is 414 g/mol. The van der Waals surface area contributed by atoms with Crippen molar-refractivity contribution in [3.05, 3.63) is 53.6 Å².